The van der Waals surface area contributed by atoms with E-state index in [1.165, 1.54) is 18.3 Å². The number of benzene rings is 1. The van der Waals surface area contributed by atoms with Crippen LogP contribution >= 0.6 is 15.9 Å². The van der Waals surface area contributed by atoms with E-state index in [4.69, 9.17) is 10.8 Å². The fourth-order valence-corrected chi connectivity index (χ4v) is 2.32. The van der Waals surface area contributed by atoms with Crippen LogP contribution in [0.15, 0.2) is 34.9 Å². The number of nitrogens with zero attached hydrogens (tertiary/aromatic N) is 2. The molecule has 0 unspecified atom stereocenters. The van der Waals surface area contributed by atoms with Crippen LogP contribution in [-0.4, -0.2) is 27.4 Å². The summed E-state index contributed by atoms with van der Waals surface area (Å²) < 4.78 is 38.8. The van der Waals surface area contributed by atoms with E-state index in [9.17, 15) is 18.0 Å². The molecule has 0 radical (unpaired) electrons. The number of nitrogens with one attached hydrogen (secondary N) is 1. The van der Waals surface area contributed by atoms with Gasteiger partial charge in [-0.25, -0.2) is 9.48 Å². The summed E-state index contributed by atoms with van der Waals surface area (Å²) in [6.07, 6.45) is -3.90. The first kappa shape index (κ1) is 17.3. The molecule has 0 bridgehead atoms. The van der Waals surface area contributed by atoms with Crippen LogP contribution in [0.2, 0.25) is 0 Å². The van der Waals surface area contributed by atoms with Crippen molar-refractivity contribution in [1.82, 2.24) is 9.78 Å². The quantitative estimate of drug-likeness (QED) is 0.727. The van der Waals surface area contributed by atoms with E-state index < -0.39 is 23.9 Å². The number of aromatic carboxylic acids is 1. The van der Waals surface area contributed by atoms with Gasteiger partial charge < -0.3 is 16.2 Å². The molecular formula is C13H12BrF3N4O2. The molecule has 0 amide bonds. The Balaban J connectivity index is 2.05. The molecule has 2 aromatic rings. The molecule has 1 aromatic heterocycles. The number of hydrogen-bond donors (Lipinski definition) is 3. The lowest BCUT2D eigenvalue weighted by Gasteiger charge is -2.16. The molecule has 4 N–H and O–H groups in total. The van der Waals surface area contributed by atoms with Gasteiger partial charge in [-0.05, 0) is 40.2 Å². The highest BCUT2D eigenvalue weighted by atomic mass is 79.9. The van der Waals surface area contributed by atoms with E-state index in [1.54, 1.807) is 0 Å². The van der Waals surface area contributed by atoms with E-state index in [-0.39, 0.29) is 16.7 Å². The molecule has 10 heteroatoms. The van der Waals surface area contributed by atoms with Gasteiger partial charge in [-0.3, -0.25) is 0 Å². The predicted molar refractivity (Wildman–Crippen MR) is 80.0 cm³/mol. The molecule has 0 aliphatic heterocycles. The van der Waals surface area contributed by atoms with Crippen LogP contribution in [0.4, 0.5) is 18.9 Å². The monoisotopic (exact) mass is 392 g/mol. The lowest BCUT2D eigenvalue weighted by molar-refractivity contribution is -0.137. The lowest BCUT2D eigenvalue weighted by atomic mass is 10.2. The third-order valence-electron chi connectivity index (χ3n) is 3.00. The Morgan fingerprint density at radius 3 is 2.52 bits per heavy atom. The van der Waals surface area contributed by atoms with E-state index in [0.29, 0.717) is 5.69 Å². The van der Waals surface area contributed by atoms with Crippen molar-refractivity contribution in [2.45, 2.75) is 12.3 Å². The number of hydrogen-bond acceptors (Lipinski definition) is 4. The van der Waals surface area contributed by atoms with Crippen molar-refractivity contribution in [2.75, 3.05) is 11.9 Å². The van der Waals surface area contributed by atoms with Crippen molar-refractivity contribution in [2.24, 2.45) is 5.73 Å². The second-order valence-electron chi connectivity index (χ2n) is 4.61. The third kappa shape index (κ3) is 4.02. The minimum Gasteiger partial charge on any atom is -0.476 e. The zero-order valence-electron chi connectivity index (χ0n) is 11.5. The van der Waals surface area contributed by atoms with Gasteiger partial charge in [-0.2, -0.15) is 18.3 Å². The summed E-state index contributed by atoms with van der Waals surface area (Å²) in [7, 11) is 0. The van der Waals surface area contributed by atoms with Gasteiger partial charge in [0, 0.05) is 5.69 Å². The molecule has 0 aliphatic carbocycles. The lowest BCUT2D eigenvalue weighted by Crippen LogP contribution is -2.30. The van der Waals surface area contributed by atoms with Crippen LogP contribution in [0.1, 0.15) is 22.2 Å². The minimum absolute atomic E-state index is 0.0831. The summed E-state index contributed by atoms with van der Waals surface area (Å²) in [5, 5.41) is 15.8. The van der Waals surface area contributed by atoms with E-state index in [2.05, 4.69) is 26.3 Å². The van der Waals surface area contributed by atoms with Crippen LogP contribution < -0.4 is 11.1 Å². The van der Waals surface area contributed by atoms with Crippen molar-refractivity contribution in [3.8, 4) is 0 Å². The SMILES string of the molecule is N[C@@H](CNc1ccc(C(F)(F)F)cc1)n1ncc(Br)c1C(=O)O. The zero-order valence-corrected chi connectivity index (χ0v) is 13.1. The summed E-state index contributed by atoms with van der Waals surface area (Å²) in [5.74, 6) is -1.20. The highest BCUT2D eigenvalue weighted by Gasteiger charge is 2.30. The van der Waals surface area contributed by atoms with E-state index in [1.807, 2.05) is 0 Å². The molecule has 2 rings (SSSR count). The van der Waals surface area contributed by atoms with Crippen LogP contribution in [-0.2, 0) is 6.18 Å². The predicted octanol–water partition coefficient (Wildman–Crippen LogP) is 2.93. The summed E-state index contributed by atoms with van der Waals surface area (Å²) in [6, 6.07) is 4.43. The Labute approximate surface area is 137 Å². The molecule has 0 aliphatic rings. The van der Waals surface area contributed by atoms with Gasteiger partial charge in [-0.1, -0.05) is 0 Å². The summed E-state index contributed by atoms with van der Waals surface area (Å²) in [6.45, 7) is 0.0831. The smallest absolute Gasteiger partial charge is 0.416 e. The molecule has 1 atom stereocenters. The second kappa shape index (κ2) is 6.59. The van der Waals surface area contributed by atoms with Gasteiger partial charge >= 0.3 is 12.1 Å². The van der Waals surface area contributed by atoms with Crippen molar-refractivity contribution < 1.29 is 23.1 Å². The Kier molecular flexibility index (Phi) is 4.95. The molecule has 124 valence electrons. The van der Waals surface area contributed by atoms with Crippen LogP contribution in [0.25, 0.3) is 0 Å². The molecule has 1 heterocycles. The number of carboxylic acids is 1. The van der Waals surface area contributed by atoms with Crippen LogP contribution in [0.3, 0.4) is 0 Å². The average Bonchev–Trinajstić information content (AvgIpc) is 2.86. The Morgan fingerprint density at radius 2 is 2.00 bits per heavy atom. The van der Waals surface area contributed by atoms with E-state index >= 15 is 0 Å². The molecule has 0 saturated carbocycles. The summed E-state index contributed by atoms with van der Waals surface area (Å²) >= 11 is 3.06. The van der Waals surface area contributed by atoms with Crippen molar-refractivity contribution in [3.63, 3.8) is 0 Å². The number of halogens is 4. The highest BCUT2D eigenvalue weighted by Crippen LogP contribution is 2.29. The molecule has 23 heavy (non-hydrogen) atoms. The van der Waals surface area contributed by atoms with Gasteiger partial charge in [0.25, 0.3) is 0 Å². The Morgan fingerprint density at radius 1 is 1.39 bits per heavy atom. The van der Waals surface area contributed by atoms with Gasteiger partial charge in [0.1, 0.15) is 6.17 Å². The number of anilines is 1. The second-order valence-corrected chi connectivity index (χ2v) is 5.47. The first-order valence-electron chi connectivity index (χ1n) is 6.33. The van der Waals surface area contributed by atoms with Gasteiger partial charge in [0.05, 0.1) is 22.8 Å². The maximum Gasteiger partial charge on any atom is 0.416 e. The fraction of sp³-hybridized carbons (Fsp3) is 0.231. The Hall–Kier alpha value is -2.07. The molecule has 0 fully saturated rings. The number of alkyl halides is 3. The summed E-state index contributed by atoms with van der Waals surface area (Å²) in [4.78, 5) is 11.1. The maximum atomic E-state index is 12.5. The molecule has 6 nitrogen and oxygen atoms in total. The molecular weight excluding hydrogens is 381 g/mol. The fourth-order valence-electron chi connectivity index (χ4n) is 1.88. The molecule has 0 saturated heterocycles. The van der Waals surface area contributed by atoms with Gasteiger partial charge in [0.2, 0.25) is 0 Å². The number of carbonyl (C=O) groups is 1. The topological polar surface area (TPSA) is 93.2 Å². The number of carboxylic acid groups (broad SMARTS) is 1. The van der Waals surface area contributed by atoms with Crippen molar-refractivity contribution in [3.05, 3.63) is 46.2 Å². The summed E-state index contributed by atoms with van der Waals surface area (Å²) in [5.41, 5.74) is 5.44. The minimum atomic E-state index is -4.40. The van der Waals surface area contributed by atoms with Crippen molar-refractivity contribution >= 4 is 27.6 Å². The molecule has 0 spiro atoms. The number of rotatable bonds is 5. The van der Waals surface area contributed by atoms with Gasteiger partial charge in [-0.15, -0.1) is 0 Å². The number of nitrogens with two attached hydrogens (primary N) is 1. The molecule has 1 aromatic carbocycles. The average molecular weight is 393 g/mol. The first-order chi connectivity index (χ1) is 10.7. The third-order valence-corrected chi connectivity index (χ3v) is 3.58. The van der Waals surface area contributed by atoms with E-state index in [0.717, 1.165) is 16.8 Å². The largest absolute Gasteiger partial charge is 0.476 e. The first-order valence-corrected chi connectivity index (χ1v) is 7.12. The van der Waals surface area contributed by atoms with Crippen LogP contribution in [0, 0.1) is 0 Å². The van der Waals surface area contributed by atoms with Crippen molar-refractivity contribution in [1.29, 1.82) is 0 Å². The van der Waals surface area contributed by atoms with Crippen LogP contribution in [0.5, 0.6) is 0 Å². The Bertz CT molecular complexity index is 700. The standard InChI is InChI=1S/C13H12BrF3N4O2/c14-9-5-20-21(11(9)12(22)23)10(18)6-19-8-3-1-7(2-4-8)13(15,16)17/h1-5,10,19H,6,18H2,(H,22,23)/t10-/m1/s1. The highest BCUT2D eigenvalue weighted by molar-refractivity contribution is 9.10. The maximum absolute atomic E-state index is 12.5. The van der Waals surface area contributed by atoms with Gasteiger partial charge in [0.15, 0.2) is 5.69 Å². The normalized spacial score (nSPS) is 12.9. The number of aromatic nitrogens is 2. The zero-order chi connectivity index (χ0) is 17.2.